The van der Waals surface area contributed by atoms with Crippen LogP contribution >= 0.6 is 0 Å². The molecule has 1 rings (SSSR count). The minimum atomic E-state index is -0.551. The van der Waals surface area contributed by atoms with Gasteiger partial charge in [-0.15, -0.1) is 0 Å². The van der Waals surface area contributed by atoms with Crippen LogP contribution in [-0.2, 0) is 4.74 Å². The molecule has 0 aromatic heterocycles. The molecule has 0 atom stereocenters. The van der Waals surface area contributed by atoms with Crippen LogP contribution in [-0.4, -0.2) is 18.6 Å². The van der Waals surface area contributed by atoms with Crippen molar-refractivity contribution in [1.29, 1.82) is 5.26 Å². The standard InChI is InChI=1S/C13H16N2O2/c1-13(2,3)17-12(16)10-7-9(8-14)5-6-11(10)15-4/h5-7,15H,1-4H3. The number of carbonyl (C=O) groups is 1. The molecule has 0 amide bonds. The monoisotopic (exact) mass is 232 g/mol. The van der Waals surface area contributed by atoms with Crippen molar-refractivity contribution < 1.29 is 9.53 Å². The first-order valence-electron chi connectivity index (χ1n) is 5.32. The lowest BCUT2D eigenvalue weighted by Gasteiger charge is -2.20. The van der Waals surface area contributed by atoms with Crippen LogP contribution in [0.1, 0.15) is 36.7 Å². The molecule has 4 nitrogen and oxygen atoms in total. The van der Waals surface area contributed by atoms with Gasteiger partial charge in [0.15, 0.2) is 0 Å². The lowest BCUT2D eigenvalue weighted by Crippen LogP contribution is -2.24. The highest BCUT2D eigenvalue weighted by molar-refractivity contribution is 5.96. The molecule has 0 bridgehead atoms. The Bertz CT molecular complexity index is 467. The molecule has 0 aliphatic heterocycles. The predicted molar refractivity (Wildman–Crippen MR) is 65.9 cm³/mol. The predicted octanol–water partition coefficient (Wildman–Crippen LogP) is 2.56. The number of hydrogen-bond acceptors (Lipinski definition) is 4. The highest BCUT2D eigenvalue weighted by atomic mass is 16.6. The summed E-state index contributed by atoms with van der Waals surface area (Å²) in [6.45, 7) is 5.41. The van der Waals surface area contributed by atoms with Crippen LogP contribution in [0.4, 0.5) is 5.69 Å². The van der Waals surface area contributed by atoms with E-state index < -0.39 is 11.6 Å². The van der Waals surface area contributed by atoms with Crippen molar-refractivity contribution in [1.82, 2.24) is 0 Å². The number of esters is 1. The summed E-state index contributed by atoms with van der Waals surface area (Å²) < 4.78 is 5.28. The molecule has 90 valence electrons. The van der Waals surface area contributed by atoms with Crippen molar-refractivity contribution in [2.24, 2.45) is 0 Å². The van der Waals surface area contributed by atoms with Gasteiger partial charge in [0.1, 0.15) is 5.60 Å². The van der Waals surface area contributed by atoms with Crippen LogP contribution in [0.2, 0.25) is 0 Å². The molecule has 0 aliphatic carbocycles. The molecule has 0 heterocycles. The maximum absolute atomic E-state index is 11.9. The molecule has 0 radical (unpaired) electrons. The van der Waals surface area contributed by atoms with Gasteiger partial charge < -0.3 is 10.1 Å². The Morgan fingerprint density at radius 1 is 1.41 bits per heavy atom. The molecule has 4 heteroatoms. The van der Waals surface area contributed by atoms with Gasteiger partial charge in [-0.3, -0.25) is 0 Å². The Kier molecular flexibility index (Phi) is 3.74. The zero-order chi connectivity index (χ0) is 13.1. The minimum absolute atomic E-state index is 0.376. The number of hydrogen-bond donors (Lipinski definition) is 1. The Hall–Kier alpha value is -2.02. The molecule has 0 saturated carbocycles. The van der Waals surface area contributed by atoms with Gasteiger partial charge in [-0.1, -0.05) is 0 Å². The van der Waals surface area contributed by atoms with E-state index in [0.29, 0.717) is 16.8 Å². The van der Waals surface area contributed by atoms with Crippen molar-refractivity contribution in [3.8, 4) is 6.07 Å². The zero-order valence-electron chi connectivity index (χ0n) is 10.5. The summed E-state index contributed by atoms with van der Waals surface area (Å²) in [4.78, 5) is 11.9. The van der Waals surface area contributed by atoms with Crippen molar-refractivity contribution in [3.05, 3.63) is 29.3 Å². The number of benzene rings is 1. The maximum atomic E-state index is 11.9. The fourth-order valence-corrected chi connectivity index (χ4v) is 1.33. The lowest BCUT2D eigenvalue weighted by molar-refractivity contribution is 0.00707. The largest absolute Gasteiger partial charge is 0.456 e. The number of rotatable bonds is 2. The van der Waals surface area contributed by atoms with E-state index in [2.05, 4.69) is 5.32 Å². The van der Waals surface area contributed by atoms with E-state index in [-0.39, 0.29) is 0 Å². The van der Waals surface area contributed by atoms with Gasteiger partial charge in [-0.25, -0.2) is 4.79 Å². The summed E-state index contributed by atoms with van der Waals surface area (Å²) in [5, 5.41) is 11.7. The van der Waals surface area contributed by atoms with E-state index >= 15 is 0 Å². The van der Waals surface area contributed by atoms with E-state index in [1.54, 1.807) is 40.0 Å². The van der Waals surface area contributed by atoms with Gasteiger partial charge in [-0.2, -0.15) is 5.26 Å². The number of ether oxygens (including phenoxy) is 1. The average molecular weight is 232 g/mol. The van der Waals surface area contributed by atoms with E-state index in [4.69, 9.17) is 10.00 Å². The topological polar surface area (TPSA) is 62.1 Å². The van der Waals surface area contributed by atoms with Gasteiger partial charge in [0.2, 0.25) is 0 Å². The van der Waals surface area contributed by atoms with Crippen LogP contribution in [0.3, 0.4) is 0 Å². The first-order chi connectivity index (χ1) is 7.87. The lowest BCUT2D eigenvalue weighted by atomic mass is 10.1. The Morgan fingerprint density at radius 3 is 2.53 bits per heavy atom. The molecule has 1 aromatic rings. The van der Waals surface area contributed by atoms with Crippen LogP contribution in [0.5, 0.6) is 0 Å². The normalized spacial score (nSPS) is 10.5. The second-order valence-corrected chi connectivity index (χ2v) is 4.62. The smallest absolute Gasteiger partial charge is 0.340 e. The number of anilines is 1. The summed E-state index contributed by atoms with van der Waals surface area (Å²) in [5.74, 6) is -0.432. The van der Waals surface area contributed by atoms with Gasteiger partial charge in [0, 0.05) is 12.7 Å². The van der Waals surface area contributed by atoms with E-state index in [1.807, 2.05) is 6.07 Å². The first-order valence-corrected chi connectivity index (χ1v) is 5.32. The van der Waals surface area contributed by atoms with Gasteiger partial charge in [0.05, 0.1) is 17.2 Å². The third-order valence-electron chi connectivity index (χ3n) is 2.04. The summed E-state index contributed by atoms with van der Waals surface area (Å²) in [6, 6.07) is 6.87. The maximum Gasteiger partial charge on any atom is 0.340 e. The fraction of sp³-hybridized carbons (Fsp3) is 0.385. The molecule has 1 aromatic carbocycles. The van der Waals surface area contributed by atoms with Crippen molar-refractivity contribution in [2.45, 2.75) is 26.4 Å². The highest BCUT2D eigenvalue weighted by Crippen LogP contribution is 2.20. The van der Waals surface area contributed by atoms with Crippen LogP contribution < -0.4 is 5.32 Å². The summed E-state index contributed by atoms with van der Waals surface area (Å²) in [7, 11) is 1.72. The fourth-order valence-electron chi connectivity index (χ4n) is 1.33. The number of nitrogens with one attached hydrogen (secondary N) is 1. The SMILES string of the molecule is CNc1ccc(C#N)cc1C(=O)OC(C)(C)C. The average Bonchev–Trinajstić information content (AvgIpc) is 2.25. The highest BCUT2D eigenvalue weighted by Gasteiger charge is 2.20. The molecule has 0 saturated heterocycles. The Labute approximate surface area is 101 Å². The Morgan fingerprint density at radius 2 is 2.06 bits per heavy atom. The summed E-state index contributed by atoms with van der Waals surface area (Å²) >= 11 is 0. The minimum Gasteiger partial charge on any atom is -0.456 e. The number of nitrogens with zero attached hydrogens (tertiary/aromatic N) is 1. The van der Waals surface area contributed by atoms with E-state index in [0.717, 1.165) is 0 Å². The number of carbonyl (C=O) groups excluding carboxylic acids is 1. The first kappa shape index (κ1) is 13.0. The second kappa shape index (κ2) is 4.88. The Balaban J connectivity index is 3.11. The van der Waals surface area contributed by atoms with Gasteiger partial charge in [0.25, 0.3) is 0 Å². The van der Waals surface area contributed by atoms with E-state index in [1.165, 1.54) is 6.07 Å². The molecular weight excluding hydrogens is 216 g/mol. The molecule has 1 N–H and O–H groups in total. The molecular formula is C13H16N2O2. The van der Waals surface area contributed by atoms with Crippen molar-refractivity contribution in [3.63, 3.8) is 0 Å². The molecule has 17 heavy (non-hydrogen) atoms. The summed E-state index contributed by atoms with van der Waals surface area (Å²) in [5.41, 5.74) is 0.912. The summed E-state index contributed by atoms with van der Waals surface area (Å²) in [6.07, 6.45) is 0. The molecule has 0 unspecified atom stereocenters. The quantitative estimate of drug-likeness (QED) is 0.796. The van der Waals surface area contributed by atoms with Gasteiger partial charge in [-0.05, 0) is 39.0 Å². The molecule has 0 aliphatic rings. The van der Waals surface area contributed by atoms with Crippen LogP contribution in [0, 0.1) is 11.3 Å². The third-order valence-corrected chi connectivity index (χ3v) is 2.04. The molecule has 0 spiro atoms. The zero-order valence-corrected chi connectivity index (χ0v) is 10.5. The van der Waals surface area contributed by atoms with Crippen LogP contribution in [0.25, 0.3) is 0 Å². The number of nitriles is 1. The van der Waals surface area contributed by atoms with Gasteiger partial charge >= 0.3 is 5.97 Å². The molecule has 0 fully saturated rings. The second-order valence-electron chi connectivity index (χ2n) is 4.62. The van der Waals surface area contributed by atoms with Crippen LogP contribution in [0.15, 0.2) is 18.2 Å². The third kappa shape index (κ3) is 3.49. The van der Waals surface area contributed by atoms with Crippen molar-refractivity contribution in [2.75, 3.05) is 12.4 Å². The van der Waals surface area contributed by atoms with E-state index in [9.17, 15) is 4.79 Å². The van der Waals surface area contributed by atoms with Crippen molar-refractivity contribution >= 4 is 11.7 Å².